The summed E-state index contributed by atoms with van der Waals surface area (Å²) in [6, 6.07) is 12.7. The summed E-state index contributed by atoms with van der Waals surface area (Å²) in [6.07, 6.45) is -0.0584. The van der Waals surface area contributed by atoms with Gasteiger partial charge in [-0.15, -0.1) is 0 Å². The van der Waals surface area contributed by atoms with Gasteiger partial charge in [-0.3, -0.25) is 4.79 Å². The largest absolute Gasteiger partial charge is 0.479 e. The highest BCUT2D eigenvalue weighted by Gasteiger charge is 2.20. The van der Waals surface area contributed by atoms with E-state index in [-0.39, 0.29) is 12.7 Å². The number of hydrogen-bond donors (Lipinski definition) is 1. The Kier molecular flexibility index (Phi) is 5.11. The zero-order valence-corrected chi connectivity index (χ0v) is 14.0. The van der Waals surface area contributed by atoms with Crippen molar-refractivity contribution < 1.29 is 19.0 Å². The van der Waals surface area contributed by atoms with E-state index in [1.54, 1.807) is 12.1 Å². The molecule has 6 heteroatoms. The minimum Gasteiger partial charge on any atom is -0.479 e. The first kappa shape index (κ1) is 16.5. The van der Waals surface area contributed by atoms with Crippen LogP contribution in [0.4, 0.5) is 0 Å². The molecule has 0 fully saturated rings. The summed E-state index contributed by atoms with van der Waals surface area (Å²) < 4.78 is 16.3. The summed E-state index contributed by atoms with van der Waals surface area (Å²) in [5.74, 6) is 1.74. The SMILES string of the molecule is CCC(Oc1ccccc1Cl)C(=O)NCc1ccc2c(c1)OCO2. The Morgan fingerprint density at radius 1 is 1.25 bits per heavy atom. The van der Waals surface area contributed by atoms with Gasteiger partial charge in [0.1, 0.15) is 5.75 Å². The van der Waals surface area contributed by atoms with Crippen LogP contribution >= 0.6 is 11.6 Å². The number of para-hydroxylation sites is 1. The van der Waals surface area contributed by atoms with Crippen LogP contribution in [-0.2, 0) is 11.3 Å². The molecule has 0 spiro atoms. The van der Waals surface area contributed by atoms with Gasteiger partial charge in [0, 0.05) is 6.54 Å². The minimum atomic E-state index is -0.598. The molecule has 0 bridgehead atoms. The van der Waals surface area contributed by atoms with Crippen LogP contribution in [0.5, 0.6) is 17.2 Å². The number of benzene rings is 2. The van der Waals surface area contributed by atoms with Crippen LogP contribution in [0.3, 0.4) is 0 Å². The fourth-order valence-corrected chi connectivity index (χ4v) is 2.55. The minimum absolute atomic E-state index is 0.185. The van der Waals surface area contributed by atoms with E-state index in [4.69, 9.17) is 25.8 Å². The van der Waals surface area contributed by atoms with Crippen molar-refractivity contribution >= 4 is 17.5 Å². The highest BCUT2D eigenvalue weighted by atomic mass is 35.5. The van der Waals surface area contributed by atoms with E-state index in [1.165, 1.54) is 0 Å². The molecule has 0 aliphatic carbocycles. The highest BCUT2D eigenvalue weighted by molar-refractivity contribution is 6.32. The maximum absolute atomic E-state index is 12.4. The molecule has 1 aliphatic heterocycles. The smallest absolute Gasteiger partial charge is 0.261 e. The van der Waals surface area contributed by atoms with Crippen molar-refractivity contribution in [1.29, 1.82) is 0 Å². The lowest BCUT2D eigenvalue weighted by atomic mass is 10.2. The number of hydrogen-bond acceptors (Lipinski definition) is 4. The number of carbonyl (C=O) groups excluding carboxylic acids is 1. The second-order valence-electron chi connectivity index (χ2n) is 5.35. The van der Waals surface area contributed by atoms with Gasteiger partial charge >= 0.3 is 0 Å². The van der Waals surface area contributed by atoms with Gasteiger partial charge < -0.3 is 19.5 Å². The maximum atomic E-state index is 12.4. The molecule has 3 rings (SSSR count). The zero-order chi connectivity index (χ0) is 16.9. The van der Waals surface area contributed by atoms with Crippen molar-refractivity contribution in [2.45, 2.75) is 26.0 Å². The molecule has 2 aromatic carbocycles. The average molecular weight is 348 g/mol. The van der Waals surface area contributed by atoms with Crippen molar-refractivity contribution in [2.24, 2.45) is 0 Å². The van der Waals surface area contributed by atoms with E-state index in [2.05, 4.69) is 5.32 Å². The summed E-state index contributed by atoms with van der Waals surface area (Å²) in [6.45, 7) is 2.51. The van der Waals surface area contributed by atoms with Crippen molar-refractivity contribution in [3.05, 3.63) is 53.1 Å². The van der Waals surface area contributed by atoms with Crippen LogP contribution in [0.2, 0.25) is 5.02 Å². The molecule has 1 atom stereocenters. The van der Waals surface area contributed by atoms with Crippen LogP contribution in [0.15, 0.2) is 42.5 Å². The Morgan fingerprint density at radius 3 is 2.83 bits per heavy atom. The number of fused-ring (bicyclic) bond motifs is 1. The standard InChI is InChI=1S/C18H18ClNO4/c1-2-14(24-15-6-4-3-5-13(15)19)18(21)20-10-12-7-8-16-17(9-12)23-11-22-16/h3-9,14H,2,10-11H2,1H3,(H,20,21). The Morgan fingerprint density at radius 2 is 2.04 bits per heavy atom. The second-order valence-corrected chi connectivity index (χ2v) is 5.76. The molecule has 24 heavy (non-hydrogen) atoms. The average Bonchev–Trinajstić information content (AvgIpc) is 3.06. The van der Waals surface area contributed by atoms with Crippen LogP contribution in [-0.4, -0.2) is 18.8 Å². The molecule has 126 valence electrons. The Bertz CT molecular complexity index is 735. The first-order valence-electron chi connectivity index (χ1n) is 7.75. The predicted octanol–water partition coefficient (Wildman–Crippen LogP) is 3.54. The summed E-state index contributed by atoms with van der Waals surface area (Å²) in [5, 5.41) is 3.36. The van der Waals surface area contributed by atoms with Gasteiger partial charge in [-0.05, 0) is 36.2 Å². The van der Waals surface area contributed by atoms with Gasteiger partial charge in [-0.2, -0.15) is 0 Å². The molecule has 1 N–H and O–H groups in total. The van der Waals surface area contributed by atoms with Crippen LogP contribution in [0.1, 0.15) is 18.9 Å². The summed E-state index contributed by atoms with van der Waals surface area (Å²) in [4.78, 5) is 12.4. The van der Waals surface area contributed by atoms with Gasteiger partial charge in [0.25, 0.3) is 5.91 Å². The molecule has 1 aliphatic rings. The van der Waals surface area contributed by atoms with E-state index in [9.17, 15) is 4.79 Å². The van der Waals surface area contributed by atoms with Crippen LogP contribution in [0, 0.1) is 0 Å². The first-order valence-corrected chi connectivity index (χ1v) is 8.12. The van der Waals surface area contributed by atoms with Crippen molar-refractivity contribution in [2.75, 3.05) is 6.79 Å². The lowest BCUT2D eigenvalue weighted by Crippen LogP contribution is -2.37. The fourth-order valence-electron chi connectivity index (χ4n) is 2.37. The number of rotatable bonds is 6. The first-order chi connectivity index (χ1) is 11.7. The topological polar surface area (TPSA) is 56.8 Å². The Labute approximate surface area is 145 Å². The van der Waals surface area contributed by atoms with Gasteiger partial charge in [0.15, 0.2) is 17.6 Å². The third kappa shape index (κ3) is 3.74. The number of amides is 1. The number of ether oxygens (including phenoxy) is 3. The number of halogens is 1. The Hall–Kier alpha value is -2.40. The van der Waals surface area contributed by atoms with E-state index in [0.717, 1.165) is 11.3 Å². The monoisotopic (exact) mass is 347 g/mol. The van der Waals surface area contributed by atoms with Crippen molar-refractivity contribution in [3.63, 3.8) is 0 Å². The molecule has 0 radical (unpaired) electrons. The van der Waals surface area contributed by atoms with E-state index in [0.29, 0.717) is 29.5 Å². The predicted molar refractivity (Wildman–Crippen MR) is 90.6 cm³/mol. The van der Waals surface area contributed by atoms with E-state index >= 15 is 0 Å². The Balaban J connectivity index is 1.59. The molecule has 5 nitrogen and oxygen atoms in total. The normalized spacial score (nSPS) is 13.4. The summed E-state index contributed by atoms with van der Waals surface area (Å²) in [5.41, 5.74) is 0.931. The number of carbonyl (C=O) groups is 1. The molecule has 1 amide bonds. The van der Waals surface area contributed by atoms with E-state index < -0.39 is 6.10 Å². The lowest BCUT2D eigenvalue weighted by molar-refractivity contribution is -0.128. The van der Waals surface area contributed by atoms with Gasteiger partial charge in [0.2, 0.25) is 6.79 Å². The fraction of sp³-hybridized carbons (Fsp3) is 0.278. The van der Waals surface area contributed by atoms with Crippen LogP contribution < -0.4 is 19.5 Å². The number of nitrogens with one attached hydrogen (secondary N) is 1. The molecule has 0 saturated heterocycles. The maximum Gasteiger partial charge on any atom is 0.261 e. The van der Waals surface area contributed by atoms with Crippen LogP contribution in [0.25, 0.3) is 0 Å². The van der Waals surface area contributed by atoms with E-state index in [1.807, 2.05) is 37.3 Å². The van der Waals surface area contributed by atoms with Gasteiger partial charge in [-0.25, -0.2) is 0 Å². The summed E-state index contributed by atoms with van der Waals surface area (Å²) >= 11 is 6.07. The molecule has 1 unspecified atom stereocenters. The van der Waals surface area contributed by atoms with Gasteiger partial charge in [-0.1, -0.05) is 36.7 Å². The molecule has 1 heterocycles. The van der Waals surface area contributed by atoms with Gasteiger partial charge in [0.05, 0.1) is 5.02 Å². The molecule has 0 saturated carbocycles. The third-order valence-corrected chi connectivity index (χ3v) is 3.99. The quantitative estimate of drug-likeness (QED) is 0.868. The molecular formula is C18H18ClNO4. The highest BCUT2D eigenvalue weighted by Crippen LogP contribution is 2.32. The lowest BCUT2D eigenvalue weighted by Gasteiger charge is -2.18. The third-order valence-electron chi connectivity index (χ3n) is 3.67. The summed E-state index contributed by atoms with van der Waals surface area (Å²) in [7, 11) is 0. The molecular weight excluding hydrogens is 330 g/mol. The van der Waals surface area contributed by atoms with Crippen molar-refractivity contribution in [1.82, 2.24) is 5.32 Å². The zero-order valence-electron chi connectivity index (χ0n) is 13.3. The molecule has 0 aromatic heterocycles. The second kappa shape index (κ2) is 7.45. The molecule has 2 aromatic rings. The van der Waals surface area contributed by atoms with Crippen molar-refractivity contribution in [3.8, 4) is 17.2 Å².